The van der Waals surface area contributed by atoms with Gasteiger partial charge in [0.05, 0.1) is 10.8 Å². The van der Waals surface area contributed by atoms with Crippen LogP contribution in [-0.4, -0.2) is 29.2 Å². The lowest BCUT2D eigenvalue weighted by atomic mass is 10.2. The molecule has 5 nitrogen and oxygen atoms in total. The van der Waals surface area contributed by atoms with E-state index in [1.165, 1.54) is 6.08 Å². The highest BCUT2D eigenvalue weighted by Gasteiger charge is 2.12. The van der Waals surface area contributed by atoms with Crippen LogP contribution in [0.15, 0.2) is 59.5 Å². The zero-order valence-electron chi connectivity index (χ0n) is 12.9. The van der Waals surface area contributed by atoms with E-state index in [2.05, 4.69) is 5.32 Å². The Morgan fingerprint density at radius 1 is 1.12 bits per heavy atom. The van der Waals surface area contributed by atoms with E-state index >= 15 is 0 Å². The Labute approximate surface area is 142 Å². The molecule has 2 aromatic carbocycles. The topological polar surface area (TPSA) is 64.6 Å². The summed E-state index contributed by atoms with van der Waals surface area (Å²) in [5.41, 5.74) is 0.849. The van der Waals surface area contributed by atoms with Gasteiger partial charge in [0.15, 0.2) is 11.5 Å². The van der Waals surface area contributed by atoms with Crippen LogP contribution in [0.2, 0.25) is 0 Å². The summed E-state index contributed by atoms with van der Waals surface area (Å²) in [6.45, 7) is 0.577. The maximum absolute atomic E-state index is 12.0. The number of benzene rings is 2. The number of carbonyl (C=O) groups excluding carboxylic acids is 1. The minimum absolute atomic E-state index is 0.224. The van der Waals surface area contributed by atoms with E-state index in [9.17, 15) is 9.00 Å². The molecule has 0 aliphatic carbocycles. The van der Waals surface area contributed by atoms with Crippen molar-refractivity contribution in [2.24, 2.45) is 0 Å². The zero-order chi connectivity index (χ0) is 16.8. The van der Waals surface area contributed by atoms with Crippen LogP contribution in [0.4, 0.5) is 0 Å². The Kier molecular flexibility index (Phi) is 5.28. The summed E-state index contributed by atoms with van der Waals surface area (Å²) in [6, 6.07) is 14.7. The maximum atomic E-state index is 12.0. The summed E-state index contributed by atoms with van der Waals surface area (Å²) in [5, 5.41) is 2.73. The number of amides is 1. The number of rotatable bonds is 6. The summed E-state index contributed by atoms with van der Waals surface area (Å²) in [4.78, 5) is 12.6. The van der Waals surface area contributed by atoms with Crippen molar-refractivity contribution in [1.82, 2.24) is 5.32 Å². The van der Waals surface area contributed by atoms with E-state index in [-0.39, 0.29) is 12.7 Å². The molecule has 0 aromatic heterocycles. The first-order chi connectivity index (χ1) is 11.7. The van der Waals surface area contributed by atoms with E-state index in [1.807, 2.05) is 48.5 Å². The van der Waals surface area contributed by atoms with Crippen molar-refractivity contribution in [3.8, 4) is 11.5 Å². The first kappa shape index (κ1) is 16.3. The van der Waals surface area contributed by atoms with Crippen molar-refractivity contribution in [2.75, 3.05) is 19.1 Å². The second kappa shape index (κ2) is 7.79. The Hall–Kier alpha value is -2.60. The highest BCUT2D eigenvalue weighted by Crippen LogP contribution is 2.32. The molecule has 1 N–H and O–H groups in total. The van der Waals surface area contributed by atoms with Gasteiger partial charge < -0.3 is 14.8 Å². The van der Waals surface area contributed by atoms with Crippen molar-refractivity contribution in [3.63, 3.8) is 0 Å². The molecule has 124 valence electrons. The van der Waals surface area contributed by atoms with Gasteiger partial charge in [-0.15, -0.1) is 0 Å². The second-order valence-electron chi connectivity index (χ2n) is 5.10. The molecule has 1 aliphatic heterocycles. The van der Waals surface area contributed by atoms with Crippen LogP contribution in [0.3, 0.4) is 0 Å². The summed E-state index contributed by atoms with van der Waals surface area (Å²) in [6.07, 6.45) is 3.15. The lowest BCUT2D eigenvalue weighted by Crippen LogP contribution is -2.25. The van der Waals surface area contributed by atoms with Crippen molar-refractivity contribution in [3.05, 3.63) is 60.2 Å². The molecule has 0 bridgehead atoms. The normalized spacial score (nSPS) is 13.8. The van der Waals surface area contributed by atoms with Gasteiger partial charge in [-0.1, -0.05) is 24.3 Å². The molecule has 3 rings (SSSR count). The fourth-order valence-electron chi connectivity index (χ4n) is 2.20. The lowest BCUT2D eigenvalue weighted by molar-refractivity contribution is -0.116. The van der Waals surface area contributed by atoms with Gasteiger partial charge in [-0.25, -0.2) is 0 Å². The number of ether oxygens (including phenoxy) is 2. The molecule has 24 heavy (non-hydrogen) atoms. The minimum atomic E-state index is -1.11. The van der Waals surface area contributed by atoms with Crippen LogP contribution in [0, 0.1) is 0 Å². The van der Waals surface area contributed by atoms with Gasteiger partial charge in [0.2, 0.25) is 12.7 Å². The predicted octanol–water partition coefficient (Wildman–Crippen LogP) is 2.35. The van der Waals surface area contributed by atoms with Crippen LogP contribution >= 0.6 is 0 Å². The van der Waals surface area contributed by atoms with Crippen LogP contribution in [0.1, 0.15) is 5.56 Å². The monoisotopic (exact) mass is 343 g/mol. The summed E-state index contributed by atoms with van der Waals surface area (Å²) >= 11 is 0. The van der Waals surface area contributed by atoms with Crippen molar-refractivity contribution < 1.29 is 18.5 Å². The lowest BCUT2D eigenvalue weighted by Gasteiger charge is -2.03. The number of carbonyl (C=O) groups is 1. The maximum Gasteiger partial charge on any atom is 0.244 e. The predicted molar refractivity (Wildman–Crippen MR) is 92.3 cm³/mol. The zero-order valence-corrected chi connectivity index (χ0v) is 13.8. The largest absolute Gasteiger partial charge is 0.454 e. The molecule has 1 atom stereocenters. The van der Waals surface area contributed by atoms with Crippen LogP contribution < -0.4 is 14.8 Å². The standard InChI is InChI=1S/C18H17NO4S/c20-18(19-10-11-24(21)15-4-2-1-3-5-15)9-7-14-6-8-16-17(12-14)23-13-22-16/h1-9,12H,10-11,13H2,(H,19,20)/b9-7+. The fourth-order valence-corrected chi connectivity index (χ4v) is 3.19. The fraction of sp³-hybridized carbons (Fsp3) is 0.167. The molecule has 0 spiro atoms. The first-order valence-electron chi connectivity index (χ1n) is 7.51. The quantitative estimate of drug-likeness (QED) is 0.818. The number of hydrogen-bond acceptors (Lipinski definition) is 4. The molecular weight excluding hydrogens is 326 g/mol. The third kappa shape index (κ3) is 4.23. The Balaban J connectivity index is 1.46. The molecule has 1 aliphatic rings. The van der Waals surface area contributed by atoms with E-state index in [1.54, 1.807) is 6.08 Å². The number of fused-ring (bicyclic) bond motifs is 1. The molecule has 1 unspecified atom stereocenters. The third-order valence-corrected chi connectivity index (χ3v) is 4.79. The Bertz CT molecular complexity index is 774. The number of hydrogen-bond donors (Lipinski definition) is 1. The highest BCUT2D eigenvalue weighted by atomic mass is 32.2. The van der Waals surface area contributed by atoms with Crippen LogP contribution in [-0.2, 0) is 15.6 Å². The molecule has 1 amide bonds. The SMILES string of the molecule is O=C(/C=C/c1ccc2c(c1)OCO2)NCCS(=O)c1ccccc1. The molecule has 6 heteroatoms. The highest BCUT2D eigenvalue weighted by molar-refractivity contribution is 7.85. The average Bonchev–Trinajstić information content (AvgIpc) is 3.08. The smallest absolute Gasteiger partial charge is 0.244 e. The molecule has 0 saturated heterocycles. The molecule has 1 heterocycles. The van der Waals surface area contributed by atoms with Crippen molar-refractivity contribution in [2.45, 2.75) is 4.90 Å². The van der Waals surface area contributed by atoms with E-state index in [0.717, 1.165) is 10.5 Å². The Morgan fingerprint density at radius 2 is 1.92 bits per heavy atom. The molecule has 0 fully saturated rings. The molecule has 0 radical (unpaired) electrons. The first-order valence-corrected chi connectivity index (χ1v) is 8.83. The van der Waals surface area contributed by atoms with E-state index in [0.29, 0.717) is 23.8 Å². The van der Waals surface area contributed by atoms with Crippen LogP contribution in [0.5, 0.6) is 11.5 Å². The molecular formula is C18H17NO4S. The van der Waals surface area contributed by atoms with Gasteiger partial charge in [0.1, 0.15) is 0 Å². The third-order valence-electron chi connectivity index (χ3n) is 3.42. The molecule has 2 aromatic rings. The van der Waals surface area contributed by atoms with Gasteiger partial charge in [-0.05, 0) is 35.9 Å². The summed E-state index contributed by atoms with van der Waals surface area (Å²) < 4.78 is 22.6. The molecule has 0 saturated carbocycles. The van der Waals surface area contributed by atoms with Gasteiger partial charge >= 0.3 is 0 Å². The van der Waals surface area contributed by atoms with E-state index < -0.39 is 10.8 Å². The minimum Gasteiger partial charge on any atom is -0.454 e. The van der Waals surface area contributed by atoms with Gasteiger partial charge in [-0.2, -0.15) is 0 Å². The second-order valence-corrected chi connectivity index (χ2v) is 6.67. The summed E-state index contributed by atoms with van der Waals surface area (Å²) in [5.74, 6) is 1.54. The van der Waals surface area contributed by atoms with Crippen molar-refractivity contribution >= 4 is 22.8 Å². The average molecular weight is 343 g/mol. The van der Waals surface area contributed by atoms with Gasteiger partial charge in [0, 0.05) is 23.3 Å². The van der Waals surface area contributed by atoms with Crippen LogP contribution in [0.25, 0.3) is 6.08 Å². The van der Waals surface area contributed by atoms with E-state index in [4.69, 9.17) is 9.47 Å². The van der Waals surface area contributed by atoms with Gasteiger partial charge in [-0.3, -0.25) is 9.00 Å². The Morgan fingerprint density at radius 3 is 2.75 bits per heavy atom. The van der Waals surface area contributed by atoms with Gasteiger partial charge in [0.25, 0.3) is 0 Å². The van der Waals surface area contributed by atoms with Crippen molar-refractivity contribution in [1.29, 1.82) is 0 Å². The summed E-state index contributed by atoms with van der Waals surface area (Å²) in [7, 11) is -1.11. The number of nitrogens with one attached hydrogen (secondary N) is 1.